The molecule has 1 aromatic heterocycles. The molecule has 0 amide bonds. The van der Waals surface area contributed by atoms with Gasteiger partial charge in [0.25, 0.3) is 0 Å². The van der Waals surface area contributed by atoms with Crippen molar-refractivity contribution in [2.24, 2.45) is 0 Å². The second-order valence-corrected chi connectivity index (χ2v) is 5.09. The molecule has 0 saturated heterocycles. The van der Waals surface area contributed by atoms with Crippen LogP contribution in [0.4, 0.5) is 0 Å². The monoisotopic (exact) mass is 288 g/mol. The van der Waals surface area contributed by atoms with E-state index in [9.17, 15) is 9.90 Å². The fourth-order valence-corrected chi connectivity index (χ4v) is 2.09. The summed E-state index contributed by atoms with van der Waals surface area (Å²) in [5.41, 5.74) is 1.21. The molecule has 2 rings (SSSR count). The number of carbonyl (C=O) groups is 1. The van der Waals surface area contributed by atoms with E-state index < -0.39 is 6.10 Å². The Morgan fingerprint density at radius 2 is 2.10 bits per heavy atom. The van der Waals surface area contributed by atoms with Gasteiger partial charge in [0.2, 0.25) is 0 Å². The van der Waals surface area contributed by atoms with Gasteiger partial charge in [-0.05, 0) is 19.4 Å². The Labute approximate surface area is 124 Å². The predicted octanol–water partition coefficient (Wildman–Crippen LogP) is 2.27. The van der Waals surface area contributed by atoms with E-state index in [-0.39, 0.29) is 11.8 Å². The molecular weight excluding hydrogens is 268 g/mol. The number of Topliss-reactive ketones (excluding diaryl/α,β-unsaturated/α-hetero) is 1. The van der Waals surface area contributed by atoms with Crippen LogP contribution in [0.15, 0.2) is 40.9 Å². The number of aromatic nitrogens is 1. The quantitative estimate of drug-likeness (QED) is 0.764. The molecule has 2 N–H and O–H groups in total. The van der Waals surface area contributed by atoms with Gasteiger partial charge in [0.05, 0.1) is 6.10 Å². The van der Waals surface area contributed by atoms with Gasteiger partial charge in [-0.3, -0.25) is 4.79 Å². The number of aliphatic hydroxyl groups excluding tert-OH is 1. The molecule has 2 atom stereocenters. The Kier molecular flexibility index (Phi) is 5.25. The van der Waals surface area contributed by atoms with Crippen LogP contribution in [0.25, 0.3) is 0 Å². The summed E-state index contributed by atoms with van der Waals surface area (Å²) in [6.45, 7) is 4.12. The lowest BCUT2D eigenvalue weighted by Crippen LogP contribution is -2.33. The fraction of sp³-hybridized carbons (Fsp3) is 0.375. The summed E-state index contributed by atoms with van der Waals surface area (Å²) in [6.07, 6.45) is -0.284. The SMILES string of the molecule is Cc1cc(C(=O)CCNC(C)C(O)c2ccccc2)no1. The number of hydrogen-bond donors (Lipinski definition) is 2. The minimum absolute atomic E-state index is 0.0687. The van der Waals surface area contributed by atoms with Crippen LogP contribution >= 0.6 is 0 Å². The van der Waals surface area contributed by atoms with Crippen molar-refractivity contribution in [3.8, 4) is 0 Å². The van der Waals surface area contributed by atoms with Gasteiger partial charge in [-0.1, -0.05) is 35.5 Å². The van der Waals surface area contributed by atoms with Gasteiger partial charge in [-0.25, -0.2) is 0 Å². The summed E-state index contributed by atoms with van der Waals surface area (Å²) >= 11 is 0. The van der Waals surface area contributed by atoms with E-state index in [4.69, 9.17) is 4.52 Å². The molecule has 0 radical (unpaired) electrons. The molecule has 1 aromatic carbocycles. The largest absolute Gasteiger partial charge is 0.387 e. The highest BCUT2D eigenvalue weighted by Gasteiger charge is 2.16. The molecule has 5 heteroatoms. The van der Waals surface area contributed by atoms with E-state index in [1.54, 1.807) is 13.0 Å². The van der Waals surface area contributed by atoms with Gasteiger partial charge in [-0.2, -0.15) is 0 Å². The van der Waals surface area contributed by atoms with Crippen LogP contribution in [-0.4, -0.2) is 28.6 Å². The van der Waals surface area contributed by atoms with Gasteiger partial charge >= 0.3 is 0 Å². The van der Waals surface area contributed by atoms with Crippen LogP contribution < -0.4 is 5.32 Å². The molecular formula is C16H20N2O3. The number of aliphatic hydroxyl groups is 1. The second-order valence-electron chi connectivity index (χ2n) is 5.09. The van der Waals surface area contributed by atoms with Crippen molar-refractivity contribution < 1.29 is 14.4 Å². The highest BCUT2D eigenvalue weighted by molar-refractivity contribution is 5.94. The van der Waals surface area contributed by atoms with Crippen molar-refractivity contribution in [3.63, 3.8) is 0 Å². The first-order valence-corrected chi connectivity index (χ1v) is 7.01. The summed E-state index contributed by atoms with van der Waals surface area (Å²) in [7, 11) is 0. The van der Waals surface area contributed by atoms with E-state index in [1.165, 1.54) is 0 Å². The number of benzene rings is 1. The average molecular weight is 288 g/mol. The summed E-state index contributed by atoms with van der Waals surface area (Å²) in [5.74, 6) is 0.555. The average Bonchev–Trinajstić information content (AvgIpc) is 2.94. The topological polar surface area (TPSA) is 75.4 Å². The first kappa shape index (κ1) is 15.4. The summed E-state index contributed by atoms with van der Waals surface area (Å²) in [5, 5.41) is 17.1. The van der Waals surface area contributed by atoms with Crippen molar-refractivity contribution in [3.05, 3.63) is 53.4 Å². The molecule has 0 bridgehead atoms. The molecule has 0 fully saturated rings. The number of rotatable bonds is 7. The Morgan fingerprint density at radius 3 is 2.71 bits per heavy atom. The lowest BCUT2D eigenvalue weighted by atomic mass is 10.0. The first-order valence-electron chi connectivity index (χ1n) is 7.01. The van der Waals surface area contributed by atoms with E-state index >= 15 is 0 Å². The van der Waals surface area contributed by atoms with Crippen LogP contribution in [0.3, 0.4) is 0 Å². The van der Waals surface area contributed by atoms with E-state index in [0.29, 0.717) is 24.4 Å². The van der Waals surface area contributed by atoms with E-state index in [0.717, 1.165) is 5.56 Å². The molecule has 2 unspecified atom stereocenters. The molecule has 112 valence electrons. The third-order valence-corrected chi connectivity index (χ3v) is 3.35. The van der Waals surface area contributed by atoms with Gasteiger partial charge in [-0.15, -0.1) is 0 Å². The van der Waals surface area contributed by atoms with Crippen LogP contribution in [0.5, 0.6) is 0 Å². The maximum Gasteiger partial charge on any atom is 0.185 e. The van der Waals surface area contributed by atoms with Crippen molar-refractivity contribution in [1.82, 2.24) is 10.5 Å². The molecule has 1 heterocycles. The zero-order valence-corrected chi connectivity index (χ0v) is 12.2. The molecule has 0 aliphatic rings. The molecule has 0 aliphatic carbocycles. The van der Waals surface area contributed by atoms with Crippen LogP contribution in [0.1, 0.15) is 41.3 Å². The molecule has 0 spiro atoms. The summed E-state index contributed by atoms with van der Waals surface area (Å²) < 4.78 is 4.88. The lowest BCUT2D eigenvalue weighted by molar-refractivity contribution is 0.0963. The Bertz CT molecular complexity index is 580. The highest BCUT2D eigenvalue weighted by Crippen LogP contribution is 2.16. The Hall–Kier alpha value is -1.98. The maximum absolute atomic E-state index is 11.9. The van der Waals surface area contributed by atoms with Crippen LogP contribution in [0.2, 0.25) is 0 Å². The smallest absolute Gasteiger partial charge is 0.185 e. The highest BCUT2D eigenvalue weighted by atomic mass is 16.5. The van der Waals surface area contributed by atoms with Gasteiger partial charge in [0.15, 0.2) is 5.78 Å². The number of nitrogens with zero attached hydrogens (tertiary/aromatic N) is 1. The number of hydrogen-bond acceptors (Lipinski definition) is 5. The second kappa shape index (κ2) is 7.15. The third kappa shape index (κ3) is 4.24. The van der Waals surface area contributed by atoms with Crippen molar-refractivity contribution in [2.45, 2.75) is 32.4 Å². The van der Waals surface area contributed by atoms with Gasteiger partial charge in [0, 0.05) is 25.1 Å². The Balaban J connectivity index is 1.79. The minimum Gasteiger partial charge on any atom is -0.387 e. The zero-order chi connectivity index (χ0) is 15.2. The third-order valence-electron chi connectivity index (χ3n) is 3.35. The molecule has 0 saturated carbocycles. The Morgan fingerprint density at radius 1 is 1.38 bits per heavy atom. The first-order chi connectivity index (χ1) is 10.1. The van der Waals surface area contributed by atoms with Crippen molar-refractivity contribution in [1.29, 1.82) is 0 Å². The normalized spacial score (nSPS) is 13.9. The lowest BCUT2D eigenvalue weighted by Gasteiger charge is -2.20. The van der Waals surface area contributed by atoms with E-state index in [2.05, 4.69) is 10.5 Å². The van der Waals surface area contributed by atoms with Crippen LogP contribution in [-0.2, 0) is 0 Å². The molecule has 21 heavy (non-hydrogen) atoms. The number of aryl methyl sites for hydroxylation is 1. The standard InChI is InChI=1S/C16H20N2O3/c1-11-10-14(18-21-11)15(19)8-9-17-12(2)16(20)13-6-4-3-5-7-13/h3-7,10,12,16-17,20H,8-9H2,1-2H3. The fourth-order valence-electron chi connectivity index (χ4n) is 2.09. The maximum atomic E-state index is 11.9. The molecule has 2 aromatic rings. The molecule has 0 aliphatic heterocycles. The van der Waals surface area contributed by atoms with Crippen molar-refractivity contribution >= 4 is 5.78 Å². The van der Waals surface area contributed by atoms with Gasteiger partial charge in [0.1, 0.15) is 11.5 Å². The van der Waals surface area contributed by atoms with Gasteiger partial charge < -0.3 is 14.9 Å². The van der Waals surface area contributed by atoms with Crippen molar-refractivity contribution in [2.75, 3.05) is 6.54 Å². The summed E-state index contributed by atoms with van der Waals surface area (Å²) in [6, 6.07) is 10.9. The number of carbonyl (C=O) groups excluding carboxylic acids is 1. The minimum atomic E-state index is -0.601. The number of nitrogens with one attached hydrogen (secondary N) is 1. The molecule has 5 nitrogen and oxygen atoms in total. The van der Waals surface area contributed by atoms with E-state index in [1.807, 2.05) is 37.3 Å². The number of ketones is 1. The zero-order valence-electron chi connectivity index (χ0n) is 12.2. The summed E-state index contributed by atoms with van der Waals surface area (Å²) in [4.78, 5) is 11.9. The predicted molar refractivity (Wildman–Crippen MR) is 79.1 cm³/mol. The van der Waals surface area contributed by atoms with Crippen LogP contribution in [0, 0.1) is 6.92 Å².